The molecule has 1 aliphatic rings. The Morgan fingerprint density at radius 2 is 0.935 bits per heavy atom. The van der Waals surface area contributed by atoms with Crippen LogP contribution in [-0.4, -0.2) is 108 Å². The van der Waals surface area contributed by atoms with Gasteiger partial charge in [0, 0.05) is 0 Å². The van der Waals surface area contributed by atoms with E-state index in [4.69, 9.17) is 9.05 Å². The van der Waals surface area contributed by atoms with E-state index in [1.165, 1.54) is 141 Å². The monoisotopic (exact) mass is 906 g/mol. The van der Waals surface area contributed by atoms with Crippen molar-refractivity contribution in [1.29, 1.82) is 0 Å². The fourth-order valence-electron chi connectivity index (χ4n) is 7.95. The molecule has 0 saturated heterocycles. The zero-order chi connectivity index (χ0) is 45.9. The number of hydrogen-bond acceptors (Lipinski definition) is 11. The van der Waals surface area contributed by atoms with Crippen molar-refractivity contribution >= 4 is 13.7 Å². The predicted molar refractivity (Wildman–Crippen MR) is 247 cm³/mol. The number of aliphatic hydroxyl groups is 7. The van der Waals surface area contributed by atoms with Gasteiger partial charge in [-0.05, 0) is 44.9 Å². The minimum Gasteiger partial charge on any atom is -0.393 e. The minimum atomic E-state index is -5.14. The van der Waals surface area contributed by atoms with Crippen LogP contribution in [0.25, 0.3) is 0 Å². The molecule has 1 aliphatic carbocycles. The van der Waals surface area contributed by atoms with Crippen LogP contribution in [0.15, 0.2) is 24.3 Å². The van der Waals surface area contributed by atoms with Crippen molar-refractivity contribution in [3.8, 4) is 0 Å². The quantitative estimate of drug-likeness (QED) is 0.0159. The summed E-state index contributed by atoms with van der Waals surface area (Å²) in [5.41, 5.74) is 0. The first-order valence-electron chi connectivity index (χ1n) is 24.9. The third-order valence-electron chi connectivity index (χ3n) is 12.0. The molecule has 9 N–H and O–H groups in total. The highest BCUT2D eigenvalue weighted by Gasteiger charge is 2.51. The first-order chi connectivity index (χ1) is 29.8. The molecule has 8 unspecified atom stereocenters. The number of unbranched alkanes of at least 4 members (excludes halogenated alkanes) is 26. The standard InChI is InChI=1S/C48H92NO12P/c1-3-5-7-9-11-13-15-16-17-18-19-20-21-22-23-24-26-28-30-32-34-36-41(51)40(38-60-62(58,59)61-48-46(56)44(54)43(53)45(55)47(48)57)49-42(52)37-39(50)35-33-31-29-27-25-14-12-10-8-6-4-2/h27,29,34,36,39-41,43-48,50-51,53-57H,3-26,28,30-33,35,37-38H2,1-2H3,(H,49,52)(H,58,59)/b29-27-,36-34+. The molecule has 8 atom stereocenters. The SMILES string of the molecule is CCCCCCCC/C=C\CCCC(O)CC(=O)NC(COP(=O)(O)OC1C(O)C(O)C(O)C(O)C1O)C(O)/C=C/CCCCCCCCCCCCCCCCCCCCC. The molecule has 0 aromatic rings. The number of rotatable bonds is 41. The van der Waals surface area contributed by atoms with Crippen LogP contribution in [0.3, 0.4) is 0 Å². The van der Waals surface area contributed by atoms with E-state index in [-0.39, 0.29) is 6.42 Å². The van der Waals surface area contributed by atoms with Crippen molar-refractivity contribution < 1.29 is 59.0 Å². The number of allylic oxidation sites excluding steroid dienone is 3. The van der Waals surface area contributed by atoms with Crippen LogP contribution in [0.4, 0.5) is 0 Å². The smallest absolute Gasteiger partial charge is 0.393 e. The number of carbonyl (C=O) groups is 1. The fourth-order valence-corrected chi connectivity index (χ4v) is 8.91. The van der Waals surface area contributed by atoms with Gasteiger partial charge in [-0.15, -0.1) is 0 Å². The van der Waals surface area contributed by atoms with Gasteiger partial charge in [0.1, 0.15) is 36.6 Å². The lowest BCUT2D eigenvalue weighted by Gasteiger charge is -2.41. The molecular formula is C48H92NO12P. The highest BCUT2D eigenvalue weighted by molar-refractivity contribution is 7.47. The van der Waals surface area contributed by atoms with E-state index in [9.17, 15) is 50.0 Å². The average molecular weight is 906 g/mol. The van der Waals surface area contributed by atoms with E-state index in [2.05, 4.69) is 31.3 Å². The maximum absolute atomic E-state index is 13.0. The first kappa shape index (κ1) is 58.8. The van der Waals surface area contributed by atoms with Gasteiger partial charge in [0.05, 0.1) is 31.3 Å². The summed E-state index contributed by atoms with van der Waals surface area (Å²) in [5.74, 6) is -0.608. The molecule has 0 heterocycles. The molecule has 62 heavy (non-hydrogen) atoms. The molecule has 0 aromatic carbocycles. The molecule has 1 rings (SSSR count). The summed E-state index contributed by atoms with van der Waals surface area (Å²) in [6, 6.07) is -1.25. The highest BCUT2D eigenvalue weighted by atomic mass is 31.2. The third kappa shape index (κ3) is 29.3. The van der Waals surface area contributed by atoms with E-state index >= 15 is 0 Å². The third-order valence-corrected chi connectivity index (χ3v) is 13.0. The van der Waals surface area contributed by atoms with Crippen LogP contribution < -0.4 is 5.32 Å². The van der Waals surface area contributed by atoms with Crippen LogP contribution >= 0.6 is 7.82 Å². The summed E-state index contributed by atoms with van der Waals surface area (Å²) < 4.78 is 22.9. The summed E-state index contributed by atoms with van der Waals surface area (Å²) in [7, 11) is -5.14. The largest absolute Gasteiger partial charge is 0.472 e. The Hall–Kier alpha value is -1.22. The lowest BCUT2D eigenvalue weighted by molar-refractivity contribution is -0.220. The van der Waals surface area contributed by atoms with E-state index in [0.29, 0.717) is 19.3 Å². The van der Waals surface area contributed by atoms with Crippen LogP contribution in [0, 0.1) is 0 Å². The molecule has 13 nitrogen and oxygen atoms in total. The topological polar surface area (TPSA) is 226 Å². The maximum atomic E-state index is 13.0. The summed E-state index contributed by atoms with van der Waals surface area (Å²) in [6.07, 6.45) is 28.5. The second-order valence-corrected chi connectivity index (χ2v) is 19.3. The van der Waals surface area contributed by atoms with Gasteiger partial charge < -0.3 is 46.0 Å². The van der Waals surface area contributed by atoms with Gasteiger partial charge in [-0.2, -0.15) is 0 Å². The van der Waals surface area contributed by atoms with Crippen LogP contribution in [-0.2, 0) is 18.4 Å². The van der Waals surface area contributed by atoms with Gasteiger partial charge in [0.2, 0.25) is 5.91 Å². The van der Waals surface area contributed by atoms with E-state index < -0.39 is 75.2 Å². The second kappa shape index (κ2) is 37.9. The number of nitrogens with one attached hydrogen (secondary N) is 1. The molecule has 1 amide bonds. The molecule has 14 heteroatoms. The number of amides is 1. The van der Waals surface area contributed by atoms with Gasteiger partial charge in [0.25, 0.3) is 0 Å². The Bertz CT molecular complexity index is 1160. The van der Waals surface area contributed by atoms with Crippen molar-refractivity contribution in [2.45, 2.75) is 268 Å². The normalized spacial score (nSPS) is 23.2. The number of aliphatic hydroxyl groups excluding tert-OH is 7. The number of hydrogen-bond donors (Lipinski definition) is 9. The Balaban J connectivity index is 2.50. The van der Waals surface area contributed by atoms with Crippen molar-refractivity contribution in [1.82, 2.24) is 5.32 Å². The first-order valence-corrected chi connectivity index (χ1v) is 26.4. The summed E-state index contributed by atoms with van der Waals surface area (Å²) in [6.45, 7) is 3.73. The van der Waals surface area contributed by atoms with Crippen molar-refractivity contribution in [3.63, 3.8) is 0 Å². The van der Waals surface area contributed by atoms with Crippen LogP contribution in [0.2, 0.25) is 0 Å². The van der Waals surface area contributed by atoms with Crippen molar-refractivity contribution in [2.24, 2.45) is 0 Å². The maximum Gasteiger partial charge on any atom is 0.472 e. The zero-order valence-electron chi connectivity index (χ0n) is 38.8. The average Bonchev–Trinajstić information content (AvgIpc) is 3.24. The molecule has 366 valence electrons. The van der Waals surface area contributed by atoms with Crippen molar-refractivity contribution in [2.75, 3.05) is 6.61 Å². The predicted octanol–water partition coefficient (Wildman–Crippen LogP) is 8.76. The van der Waals surface area contributed by atoms with Gasteiger partial charge >= 0.3 is 7.82 Å². The lowest BCUT2D eigenvalue weighted by Crippen LogP contribution is -2.64. The Morgan fingerprint density at radius 1 is 0.565 bits per heavy atom. The second-order valence-electron chi connectivity index (χ2n) is 17.8. The molecule has 0 radical (unpaired) electrons. The van der Waals surface area contributed by atoms with E-state index in [0.717, 1.165) is 38.5 Å². The fraction of sp³-hybridized carbons (Fsp3) is 0.896. The molecule has 0 spiro atoms. The zero-order valence-corrected chi connectivity index (χ0v) is 39.7. The van der Waals surface area contributed by atoms with E-state index in [1.54, 1.807) is 6.08 Å². The number of phosphoric acid groups is 1. The van der Waals surface area contributed by atoms with Crippen LogP contribution in [0.1, 0.15) is 213 Å². The molecule has 1 fully saturated rings. The van der Waals surface area contributed by atoms with Crippen LogP contribution in [0.5, 0.6) is 0 Å². The highest BCUT2D eigenvalue weighted by Crippen LogP contribution is 2.47. The summed E-state index contributed by atoms with van der Waals surface area (Å²) in [4.78, 5) is 23.4. The van der Waals surface area contributed by atoms with Crippen molar-refractivity contribution in [3.05, 3.63) is 24.3 Å². The molecule has 0 aromatic heterocycles. The lowest BCUT2D eigenvalue weighted by atomic mass is 9.85. The Morgan fingerprint density at radius 3 is 1.37 bits per heavy atom. The van der Waals surface area contributed by atoms with E-state index in [1.807, 2.05) is 0 Å². The Labute approximate surface area is 375 Å². The van der Waals surface area contributed by atoms with Gasteiger partial charge in [-0.3, -0.25) is 13.8 Å². The van der Waals surface area contributed by atoms with Gasteiger partial charge in [-0.25, -0.2) is 4.57 Å². The number of phosphoric ester groups is 1. The summed E-state index contributed by atoms with van der Waals surface area (Å²) in [5, 5.41) is 74.5. The number of carbonyl (C=O) groups excluding carboxylic acids is 1. The minimum absolute atomic E-state index is 0.264. The molecular weight excluding hydrogens is 813 g/mol. The molecule has 0 aliphatic heterocycles. The Kier molecular flexibility index (Phi) is 36.0. The summed E-state index contributed by atoms with van der Waals surface area (Å²) >= 11 is 0. The van der Waals surface area contributed by atoms with Gasteiger partial charge in [0.15, 0.2) is 0 Å². The van der Waals surface area contributed by atoms with Gasteiger partial charge in [-0.1, -0.05) is 186 Å². The molecule has 0 bridgehead atoms. The molecule has 1 saturated carbocycles.